The summed E-state index contributed by atoms with van der Waals surface area (Å²) in [6.45, 7) is 3.90. The van der Waals surface area contributed by atoms with Gasteiger partial charge in [-0.2, -0.15) is 0 Å². The van der Waals surface area contributed by atoms with E-state index in [4.69, 9.17) is 5.11 Å². The van der Waals surface area contributed by atoms with Crippen LogP contribution in [0.1, 0.15) is 18.9 Å². The summed E-state index contributed by atoms with van der Waals surface area (Å²) in [6.07, 6.45) is 0.536. The molecule has 0 aliphatic heterocycles. The van der Waals surface area contributed by atoms with E-state index in [0.29, 0.717) is 6.42 Å². The molecular weight excluding hydrogens is 263 g/mol. The zero-order valence-corrected chi connectivity index (χ0v) is 11.6. The Morgan fingerprint density at radius 2 is 2.05 bits per heavy atom. The van der Waals surface area contributed by atoms with Gasteiger partial charge in [0.1, 0.15) is 5.82 Å². The maximum atomic E-state index is 13.4. The lowest BCUT2D eigenvalue weighted by molar-refractivity contribution is -0.136. The Labute approximate surface area is 117 Å². The third kappa shape index (κ3) is 4.97. The molecule has 1 aromatic carbocycles. The number of carbonyl (C=O) groups excluding carboxylic acids is 2. The fourth-order valence-electron chi connectivity index (χ4n) is 1.58. The molecule has 2 amide bonds. The van der Waals surface area contributed by atoms with Crippen molar-refractivity contribution in [1.82, 2.24) is 5.32 Å². The van der Waals surface area contributed by atoms with Gasteiger partial charge in [0.15, 0.2) is 0 Å². The minimum absolute atomic E-state index is 0.0199. The molecule has 1 unspecified atom stereocenters. The van der Waals surface area contributed by atoms with Crippen LogP contribution in [0.4, 0.5) is 10.1 Å². The van der Waals surface area contributed by atoms with E-state index in [9.17, 15) is 14.0 Å². The highest BCUT2D eigenvalue weighted by atomic mass is 19.1. The number of anilines is 1. The Bertz CT molecular complexity index is 491. The Morgan fingerprint density at radius 1 is 1.35 bits per heavy atom. The zero-order valence-electron chi connectivity index (χ0n) is 11.6. The van der Waals surface area contributed by atoms with Crippen molar-refractivity contribution < 1.29 is 19.1 Å². The molecule has 0 aliphatic rings. The Kier molecular flexibility index (Phi) is 6.11. The number of nitrogens with one attached hydrogen (secondary N) is 2. The van der Waals surface area contributed by atoms with E-state index >= 15 is 0 Å². The number of rotatable bonds is 5. The molecule has 0 spiro atoms. The number of amides is 2. The summed E-state index contributed by atoms with van der Waals surface area (Å²) in [5.41, 5.74) is 0.757. The predicted octanol–water partition coefficient (Wildman–Crippen LogP) is 1.21. The molecule has 0 radical (unpaired) electrons. The number of hydrogen-bond acceptors (Lipinski definition) is 3. The Balaban J connectivity index is 2.53. The number of hydrogen-bond donors (Lipinski definition) is 3. The van der Waals surface area contributed by atoms with Gasteiger partial charge in [0.25, 0.3) is 0 Å². The Hall–Kier alpha value is -1.95. The quantitative estimate of drug-likeness (QED) is 0.710. The topological polar surface area (TPSA) is 78.4 Å². The van der Waals surface area contributed by atoms with Crippen molar-refractivity contribution in [3.63, 3.8) is 0 Å². The van der Waals surface area contributed by atoms with Gasteiger partial charge in [-0.05, 0) is 37.0 Å². The van der Waals surface area contributed by atoms with Crippen molar-refractivity contribution in [3.05, 3.63) is 29.6 Å². The molecular formula is C14H19FN2O3. The van der Waals surface area contributed by atoms with Gasteiger partial charge in [-0.1, -0.05) is 13.0 Å². The average Bonchev–Trinajstić information content (AvgIpc) is 2.40. The van der Waals surface area contributed by atoms with E-state index in [1.54, 1.807) is 13.0 Å². The molecule has 1 atom stereocenters. The number of aliphatic hydroxyl groups excluding tert-OH is 1. The minimum Gasteiger partial charge on any atom is -0.396 e. The van der Waals surface area contributed by atoms with Gasteiger partial charge in [-0.25, -0.2) is 4.39 Å². The van der Waals surface area contributed by atoms with Crippen molar-refractivity contribution in [2.75, 3.05) is 18.5 Å². The van der Waals surface area contributed by atoms with Crippen LogP contribution in [-0.2, 0) is 9.59 Å². The lowest BCUT2D eigenvalue weighted by Gasteiger charge is -2.11. The van der Waals surface area contributed by atoms with Crippen LogP contribution in [0.25, 0.3) is 0 Å². The van der Waals surface area contributed by atoms with Crippen LogP contribution < -0.4 is 10.6 Å². The fourth-order valence-corrected chi connectivity index (χ4v) is 1.58. The first-order valence-corrected chi connectivity index (χ1v) is 6.40. The Morgan fingerprint density at radius 3 is 2.70 bits per heavy atom. The van der Waals surface area contributed by atoms with Gasteiger partial charge < -0.3 is 15.7 Å². The molecule has 0 heterocycles. The highest BCUT2D eigenvalue weighted by molar-refractivity contribution is 6.39. The SMILES string of the molecule is Cc1ccc(F)c(NC(=O)C(=O)NCC(C)CCO)c1. The molecule has 5 nitrogen and oxygen atoms in total. The van der Waals surface area contributed by atoms with Gasteiger partial charge in [0.2, 0.25) is 0 Å². The molecule has 0 aromatic heterocycles. The van der Waals surface area contributed by atoms with E-state index in [-0.39, 0.29) is 24.8 Å². The van der Waals surface area contributed by atoms with Crippen LogP contribution in [-0.4, -0.2) is 30.1 Å². The molecule has 110 valence electrons. The maximum Gasteiger partial charge on any atom is 0.313 e. The second-order valence-electron chi connectivity index (χ2n) is 4.76. The van der Waals surface area contributed by atoms with Crippen LogP contribution >= 0.6 is 0 Å². The minimum atomic E-state index is -0.911. The van der Waals surface area contributed by atoms with Gasteiger partial charge in [0.05, 0.1) is 5.69 Å². The lowest BCUT2D eigenvalue weighted by Crippen LogP contribution is -2.38. The third-order valence-corrected chi connectivity index (χ3v) is 2.81. The van der Waals surface area contributed by atoms with E-state index in [1.165, 1.54) is 12.1 Å². The van der Waals surface area contributed by atoms with Crippen molar-refractivity contribution in [3.8, 4) is 0 Å². The largest absolute Gasteiger partial charge is 0.396 e. The monoisotopic (exact) mass is 282 g/mol. The van der Waals surface area contributed by atoms with E-state index in [2.05, 4.69) is 10.6 Å². The maximum absolute atomic E-state index is 13.4. The van der Waals surface area contributed by atoms with E-state index < -0.39 is 17.6 Å². The van der Waals surface area contributed by atoms with Crippen molar-refractivity contribution >= 4 is 17.5 Å². The highest BCUT2D eigenvalue weighted by Gasteiger charge is 2.16. The molecule has 3 N–H and O–H groups in total. The number of carbonyl (C=O) groups is 2. The summed E-state index contributed by atoms with van der Waals surface area (Å²) < 4.78 is 13.4. The molecule has 6 heteroatoms. The molecule has 0 saturated carbocycles. The molecule has 0 bridgehead atoms. The van der Waals surface area contributed by atoms with Crippen LogP contribution in [0.5, 0.6) is 0 Å². The van der Waals surface area contributed by atoms with Crippen LogP contribution in [0, 0.1) is 18.7 Å². The van der Waals surface area contributed by atoms with E-state index in [1.807, 2.05) is 6.92 Å². The summed E-state index contributed by atoms with van der Waals surface area (Å²) in [5.74, 6) is -2.26. The number of aliphatic hydroxyl groups is 1. The normalized spacial score (nSPS) is 11.8. The summed E-state index contributed by atoms with van der Waals surface area (Å²) in [6, 6.07) is 4.25. The molecule has 0 aliphatic carbocycles. The van der Waals surface area contributed by atoms with Crippen molar-refractivity contribution in [2.45, 2.75) is 20.3 Å². The summed E-state index contributed by atoms with van der Waals surface area (Å²) in [7, 11) is 0. The summed E-state index contributed by atoms with van der Waals surface area (Å²) in [5, 5.41) is 13.4. The first-order chi connectivity index (χ1) is 9.43. The van der Waals surface area contributed by atoms with Crippen LogP contribution in [0.3, 0.4) is 0 Å². The first-order valence-electron chi connectivity index (χ1n) is 6.40. The zero-order chi connectivity index (χ0) is 15.1. The van der Waals surface area contributed by atoms with Gasteiger partial charge in [-0.15, -0.1) is 0 Å². The second-order valence-corrected chi connectivity index (χ2v) is 4.76. The molecule has 0 saturated heterocycles. The average molecular weight is 282 g/mol. The van der Waals surface area contributed by atoms with Gasteiger partial charge >= 0.3 is 11.8 Å². The van der Waals surface area contributed by atoms with E-state index in [0.717, 1.165) is 5.56 Å². The second kappa shape index (κ2) is 7.59. The predicted molar refractivity (Wildman–Crippen MR) is 73.6 cm³/mol. The fraction of sp³-hybridized carbons (Fsp3) is 0.429. The smallest absolute Gasteiger partial charge is 0.313 e. The van der Waals surface area contributed by atoms with Gasteiger partial charge in [0, 0.05) is 13.2 Å². The number of aryl methyl sites for hydroxylation is 1. The molecule has 1 aromatic rings. The number of benzene rings is 1. The van der Waals surface area contributed by atoms with Crippen molar-refractivity contribution in [2.24, 2.45) is 5.92 Å². The summed E-state index contributed by atoms with van der Waals surface area (Å²) >= 11 is 0. The third-order valence-electron chi connectivity index (χ3n) is 2.81. The molecule has 0 fully saturated rings. The first kappa shape index (κ1) is 16.1. The lowest BCUT2D eigenvalue weighted by atomic mass is 10.1. The molecule has 20 heavy (non-hydrogen) atoms. The number of halogens is 1. The van der Waals surface area contributed by atoms with Crippen molar-refractivity contribution in [1.29, 1.82) is 0 Å². The van der Waals surface area contributed by atoms with Gasteiger partial charge in [-0.3, -0.25) is 9.59 Å². The summed E-state index contributed by atoms with van der Waals surface area (Å²) in [4.78, 5) is 23.2. The molecule has 1 rings (SSSR count). The highest BCUT2D eigenvalue weighted by Crippen LogP contribution is 2.15. The standard InChI is InChI=1S/C14H19FN2O3/c1-9-3-4-11(15)12(7-9)17-14(20)13(19)16-8-10(2)5-6-18/h3-4,7,10,18H,5-6,8H2,1-2H3,(H,16,19)(H,17,20). The van der Waals surface area contributed by atoms with Crippen LogP contribution in [0.15, 0.2) is 18.2 Å². The van der Waals surface area contributed by atoms with Crippen LogP contribution in [0.2, 0.25) is 0 Å².